The Morgan fingerprint density at radius 2 is 1.81 bits per heavy atom. The fraction of sp³-hybridized carbons (Fsp3) is 0.387. The zero-order valence-corrected chi connectivity index (χ0v) is 24.1. The van der Waals surface area contributed by atoms with Crippen LogP contribution >= 0.6 is 0 Å². The number of nitrogens with one attached hydrogen (secondary N) is 3. The number of Topliss-reactive ketones (excluding diaryl/α,β-unsaturated/α-hetero) is 1. The van der Waals surface area contributed by atoms with Crippen LogP contribution < -0.4 is 10.6 Å². The zero-order valence-electron chi connectivity index (χ0n) is 24.1. The summed E-state index contributed by atoms with van der Waals surface area (Å²) in [5.74, 6) is -3.09. The minimum absolute atomic E-state index is 0.00232. The van der Waals surface area contributed by atoms with Crippen molar-refractivity contribution in [1.29, 1.82) is 0 Å². The minimum atomic E-state index is -1.61. The van der Waals surface area contributed by atoms with Crippen LogP contribution in [0, 0.1) is 5.92 Å². The van der Waals surface area contributed by atoms with E-state index in [2.05, 4.69) is 25.9 Å². The van der Waals surface area contributed by atoms with Gasteiger partial charge in [-0.2, -0.15) is 0 Å². The van der Waals surface area contributed by atoms with E-state index in [1.807, 2.05) is 74.6 Å². The molecule has 0 fully saturated rings. The molecule has 0 saturated heterocycles. The van der Waals surface area contributed by atoms with Gasteiger partial charge >= 0.3 is 5.97 Å². The monoisotopic (exact) mass is 587 g/mol. The predicted octanol–water partition coefficient (Wildman–Crippen LogP) is 3.55. The van der Waals surface area contributed by atoms with Gasteiger partial charge in [0.15, 0.2) is 5.78 Å². The van der Waals surface area contributed by atoms with Crippen molar-refractivity contribution in [1.82, 2.24) is 15.6 Å². The summed E-state index contributed by atoms with van der Waals surface area (Å²) in [6.45, 7) is 3.17. The molecule has 12 heteroatoms. The number of H-pyrrole nitrogens is 1. The molecule has 0 spiro atoms. The van der Waals surface area contributed by atoms with E-state index in [1.54, 1.807) is 0 Å². The van der Waals surface area contributed by atoms with E-state index in [9.17, 15) is 24.3 Å². The van der Waals surface area contributed by atoms with Crippen LogP contribution in [0.5, 0.6) is 0 Å². The van der Waals surface area contributed by atoms with Crippen molar-refractivity contribution in [3.8, 4) is 0 Å². The maximum absolute atomic E-state index is 13.7. The highest BCUT2D eigenvalue weighted by atomic mass is 16.7. The number of carboxylic acids is 1. The number of aromatic nitrogens is 1. The lowest BCUT2D eigenvalue weighted by atomic mass is 9.84. The summed E-state index contributed by atoms with van der Waals surface area (Å²) in [6.07, 6.45) is 2.05. The second-order valence-electron chi connectivity index (χ2n) is 11.0. The molecule has 2 unspecified atom stereocenters. The first kappa shape index (κ1) is 31.1. The summed E-state index contributed by atoms with van der Waals surface area (Å²) in [7, 11) is 0. The quantitative estimate of drug-likeness (QED) is 0.197. The number of aliphatic carboxylic acids is 1. The van der Waals surface area contributed by atoms with Gasteiger partial charge in [0.1, 0.15) is 0 Å². The summed E-state index contributed by atoms with van der Waals surface area (Å²) < 4.78 is 0. The molecule has 1 aliphatic heterocycles. The molecule has 0 radical (unpaired) electrons. The van der Waals surface area contributed by atoms with Gasteiger partial charge in [-0.1, -0.05) is 67.5 Å². The van der Waals surface area contributed by atoms with Crippen LogP contribution in [0.3, 0.4) is 0 Å². The van der Waals surface area contributed by atoms with Crippen LogP contribution in [0.4, 0.5) is 0 Å². The third kappa shape index (κ3) is 7.70. The van der Waals surface area contributed by atoms with Crippen molar-refractivity contribution in [2.24, 2.45) is 16.2 Å². The standard InChI is InChI=1S/C31H35N6O6/c1-19(2)29(36-27(39)13-12-21-17-33-23-11-7-6-10-22(21)23)25-16-31(43-37-25,15-20-8-4-3-5-9-20)30(42)35-24(14-28(40)41)26(38)18-34-32/h3-11,17,19,24,29,33H,12-16,18H2,1-2H3,(H,35,42)(H,36,39)(H,40,41)/q-1/t24-,29?,31?/m0/s1. The first-order chi connectivity index (χ1) is 20.6. The topological polar surface area (TPSA) is 185 Å². The van der Waals surface area contributed by atoms with Crippen molar-refractivity contribution in [2.75, 3.05) is 6.54 Å². The molecular formula is C31H35N6O6-. The summed E-state index contributed by atoms with van der Waals surface area (Å²) in [5.41, 5.74) is 10.5. The number of nitrogens with zero attached hydrogens (tertiary/aromatic N) is 3. The maximum Gasteiger partial charge on any atom is 0.305 e. The largest absolute Gasteiger partial charge is 0.712 e. The van der Waals surface area contributed by atoms with E-state index in [1.165, 1.54) is 0 Å². The molecule has 3 atom stereocenters. The molecule has 2 heterocycles. The van der Waals surface area contributed by atoms with E-state index in [4.69, 9.17) is 10.4 Å². The van der Waals surface area contributed by atoms with E-state index >= 15 is 0 Å². The normalized spacial score (nSPS) is 17.5. The lowest BCUT2D eigenvalue weighted by molar-refractivity contribution is -0.147. The number of rotatable bonds is 15. The Morgan fingerprint density at radius 1 is 1.09 bits per heavy atom. The number of benzene rings is 2. The summed E-state index contributed by atoms with van der Waals surface area (Å²) >= 11 is 0. The number of carbonyl (C=O) groups is 4. The molecule has 12 nitrogen and oxygen atoms in total. The number of aromatic amines is 1. The number of carboxylic acid groups (broad SMARTS) is 1. The molecule has 0 aliphatic carbocycles. The molecule has 4 rings (SSSR count). The number of carbonyl (C=O) groups excluding carboxylic acids is 3. The van der Waals surface area contributed by atoms with Gasteiger partial charge in [-0.15, -0.1) is 0 Å². The van der Waals surface area contributed by atoms with Gasteiger partial charge in [-0.25, -0.2) is 0 Å². The maximum atomic E-state index is 13.7. The molecule has 2 amide bonds. The van der Waals surface area contributed by atoms with Crippen molar-refractivity contribution >= 4 is 40.2 Å². The van der Waals surface area contributed by atoms with Gasteiger partial charge in [-0.05, 0) is 29.5 Å². The second kappa shape index (κ2) is 13.9. The van der Waals surface area contributed by atoms with E-state index in [-0.39, 0.29) is 31.1 Å². The van der Waals surface area contributed by atoms with Gasteiger partial charge < -0.3 is 36.2 Å². The first-order valence-corrected chi connectivity index (χ1v) is 14.1. The Labute approximate surface area is 248 Å². The van der Waals surface area contributed by atoms with Crippen LogP contribution in [0.15, 0.2) is 71.1 Å². The predicted molar refractivity (Wildman–Crippen MR) is 159 cm³/mol. The van der Waals surface area contributed by atoms with Gasteiger partial charge in [0.05, 0.1) is 30.8 Å². The van der Waals surface area contributed by atoms with Crippen molar-refractivity contribution in [3.05, 3.63) is 77.5 Å². The number of amides is 2. The van der Waals surface area contributed by atoms with Gasteiger partial charge in [0.25, 0.3) is 5.91 Å². The third-order valence-electron chi connectivity index (χ3n) is 7.49. The van der Waals surface area contributed by atoms with Crippen LogP contribution in [-0.2, 0) is 36.9 Å². The van der Waals surface area contributed by atoms with Crippen molar-refractivity contribution in [2.45, 2.75) is 63.6 Å². The molecule has 4 N–H and O–H groups in total. The second-order valence-corrected chi connectivity index (χ2v) is 11.0. The Balaban J connectivity index is 1.50. The van der Waals surface area contributed by atoms with Gasteiger partial charge in [0, 0.05) is 36.4 Å². The van der Waals surface area contributed by atoms with E-state index in [0.717, 1.165) is 22.0 Å². The summed E-state index contributed by atoms with van der Waals surface area (Å²) in [6, 6.07) is 15.0. The number of para-hydroxylation sites is 1. The molecule has 2 aromatic carbocycles. The lowest BCUT2D eigenvalue weighted by Crippen LogP contribution is -2.55. The molecule has 0 saturated carbocycles. The number of oxime groups is 1. The molecular weight excluding hydrogens is 552 g/mol. The fourth-order valence-corrected chi connectivity index (χ4v) is 5.25. The van der Waals surface area contributed by atoms with Crippen LogP contribution in [0.2, 0.25) is 0 Å². The molecule has 0 bridgehead atoms. The zero-order chi connectivity index (χ0) is 31.0. The van der Waals surface area contributed by atoms with Gasteiger partial charge in [-0.3, -0.25) is 19.2 Å². The van der Waals surface area contributed by atoms with E-state index < -0.39 is 48.3 Å². The highest BCUT2D eigenvalue weighted by Crippen LogP contribution is 2.31. The Kier molecular flexibility index (Phi) is 10.0. The highest BCUT2D eigenvalue weighted by Gasteiger charge is 2.49. The molecule has 226 valence electrons. The number of aryl methyl sites for hydroxylation is 1. The number of hydrogen-bond acceptors (Lipinski definition) is 7. The Bertz CT molecular complexity index is 1520. The summed E-state index contributed by atoms with van der Waals surface area (Å²) in [5, 5.41) is 23.0. The molecule has 1 aromatic heterocycles. The molecule has 3 aromatic rings. The third-order valence-corrected chi connectivity index (χ3v) is 7.49. The average Bonchev–Trinajstić information content (AvgIpc) is 3.60. The minimum Gasteiger partial charge on any atom is -0.712 e. The molecule has 43 heavy (non-hydrogen) atoms. The van der Waals surface area contributed by atoms with Crippen LogP contribution in [-0.4, -0.2) is 63.6 Å². The Hall–Kier alpha value is -4.87. The summed E-state index contributed by atoms with van der Waals surface area (Å²) in [4.78, 5) is 59.7. The van der Waals surface area contributed by atoms with Crippen LogP contribution in [0.25, 0.3) is 16.4 Å². The van der Waals surface area contributed by atoms with Gasteiger partial charge in [0.2, 0.25) is 11.5 Å². The fourth-order valence-electron chi connectivity index (χ4n) is 5.25. The molecule has 1 aliphatic rings. The number of hydrogen-bond donors (Lipinski definition) is 4. The average molecular weight is 588 g/mol. The van der Waals surface area contributed by atoms with Crippen molar-refractivity contribution < 1.29 is 29.1 Å². The first-order valence-electron chi connectivity index (χ1n) is 14.1. The number of fused-ring (bicyclic) bond motifs is 1. The SMILES string of the molecule is CC(C)C(NC(=O)CCc1c[nH]c2ccccc12)C1=NOC(Cc2ccccc2)(C(=O)N[C@@H](CC(=O)O)C(=O)CN=[N-])C1. The van der Waals surface area contributed by atoms with Crippen LogP contribution in [0.1, 0.15) is 44.2 Å². The Morgan fingerprint density at radius 3 is 2.51 bits per heavy atom. The lowest BCUT2D eigenvalue weighted by Gasteiger charge is -2.29. The highest BCUT2D eigenvalue weighted by molar-refractivity contribution is 6.02. The number of ketones is 1. The smallest absolute Gasteiger partial charge is 0.305 e. The van der Waals surface area contributed by atoms with E-state index in [0.29, 0.717) is 12.1 Å². The van der Waals surface area contributed by atoms with Crippen molar-refractivity contribution in [3.63, 3.8) is 0 Å².